The van der Waals surface area contributed by atoms with Gasteiger partial charge in [0.25, 0.3) is 0 Å². The predicted octanol–water partition coefficient (Wildman–Crippen LogP) is 3.61. The van der Waals surface area contributed by atoms with E-state index in [9.17, 15) is 4.79 Å². The smallest absolute Gasteiger partial charge is 0.222 e. The molecule has 2 aliphatic rings. The molecule has 118 valence electrons. The van der Waals surface area contributed by atoms with E-state index in [1.54, 1.807) is 11.3 Å². The summed E-state index contributed by atoms with van der Waals surface area (Å²) in [7, 11) is 0. The Hall–Kier alpha value is -0.100. The van der Waals surface area contributed by atoms with Crippen LogP contribution in [-0.4, -0.2) is 36.0 Å². The van der Waals surface area contributed by atoms with Crippen LogP contribution in [-0.2, 0) is 11.2 Å². The van der Waals surface area contributed by atoms with E-state index in [0.717, 1.165) is 32.4 Å². The molecule has 1 aromatic heterocycles. The number of hydrogen-bond donors (Lipinski definition) is 1. The van der Waals surface area contributed by atoms with E-state index in [2.05, 4.69) is 38.3 Å². The average Bonchev–Trinajstić information content (AvgIpc) is 2.95. The molecule has 1 amide bonds. The molecule has 0 saturated carbocycles. The number of fused-ring (bicyclic) bond motifs is 2. The number of halogens is 2. The first-order chi connectivity index (χ1) is 9.70. The van der Waals surface area contributed by atoms with E-state index in [-0.39, 0.29) is 12.4 Å². The van der Waals surface area contributed by atoms with Crippen molar-refractivity contribution in [1.82, 2.24) is 10.2 Å². The second kappa shape index (κ2) is 7.95. The SMILES string of the molecule is Cl.O=C(CCCc1ccc(Br)s1)N1CCC2CCC(C1)N2. The quantitative estimate of drug-likeness (QED) is 0.847. The number of rotatable bonds is 4. The number of thiophene rings is 1. The molecule has 2 aliphatic heterocycles. The third kappa shape index (κ3) is 4.68. The molecule has 3 heterocycles. The first-order valence-electron chi connectivity index (χ1n) is 7.49. The summed E-state index contributed by atoms with van der Waals surface area (Å²) in [6, 6.07) is 5.42. The summed E-state index contributed by atoms with van der Waals surface area (Å²) in [6.07, 6.45) is 6.31. The van der Waals surface area contributed by atoms with Gasteiger partial charge in [0.1, 0.15) is 0 Å². The van der Waals surface area contributed by atoms with Crippen molar-refractivity contribution in [2.24, 2.45) is 0 Å². The van der Waals surface area contributed by atoms with Gasteiger partial charge >= 0.3 is 0 Å². The molecule has 1 N–H and O–H groups in total. The molecule has 2 unspecified atom stereocenters. The lowest BCUT2D eigenvalue weighted by Crippen LogP contribution is -2.38. The Bertz CT molecular complexity index is 482. The van der Waals surface area contributed by atoms with Gasteiger partial charge in [0.05, 0.1) is 3.79 Å². The Labute approximate surface area is 145 Å². The molecule has 0 radical (unpaired) electrons. The Morgan fingerprint density at radius 2 is 2.14 bits per heavy atom. The number of likely N-dealkylation sites (tertiary alicyclic amines) is 1. The third-order valence-electron chi connectivity index (χ3n) is 4.32. The van der Waals surface area contributed by atoms with E-state index in [1.807, 2.05) is 0 Å². The Balaban J connectivity index is 0.00000161. The fourth-order valence-electron chi connectivity index (χ4n) is 3.23. The molecule has 6 heteroatoms. The largest absolute Gasteiger partial charge is 0.341 e. The van der Waals surface area contributed by atoms with Gasteiger partial charge in [0, 0.05) is 36.5 Å². The van der Waals surface area contributed by atoms with Gasteiger partial charge in [0.15, 0.2) is 0 Å². The lowest BCUT2D eigenvalue weighted by Gasteiger charge is -2.24. The number of nitrogens with zero attached hydrogens (tertiary/aromatic N) is 1. The van der Waals surface area contributed by atoms with Crippen LogP contribution in [0.3, 0.4) is 0 Å². The van der Waals surface area contributed by atoms with Gasteiger partial charge in [-0.05, 0) is 60.2 Å². The average molecular weight is 394 g/mol. The number of nitrogens with one attached hydrogen (secondary N) is 1. The highest BCUT2D eigenvalue weighted by Gasteiger charge is 2.30. The van der Waals surface area contributed by atoms with E-state index in [4.69, 9.17) is 0 Å². The fraction of sp³-hybridized carbons (Fsp3) is 0.667. The number of aryl methyl sites for hydroxylation is 1. The molecular weight excluding hydrogens is 372 g/mol. The zero-order valence-electron chi connectivity index (χ0n) is 12.0. The second-order valence-corrected chi connectivity index (χ2v) is 8.37. The van der Waals surface area contributed by atoms with Gasteiger partial charge in [-0.15, -0.1) is 23.7 Å². The topological polar surface area (TPSA) is 32.3 Å². The molecule has 3 rings (SSSR count). The highest BCUT2D eigenvalue weighted by molar-refractivity contribution is 9.11. The summed E-state index contributed by atoms with van der Waals surface area (Å²) in [5, 5.41) is 3.62. The maximum Gasteiger partial charge on any atom is 0.222 e. The van der Waals surface area contributed by atoms with Crippen LogP contribution >= 0.6 is 39.7 Å². The molecule has 2 saturated heterocycles. The van der Waals surface area contributed by atoms with Gasteiger partial charge in [-0.1, -0.05) is 0 Å². The van der Waals surface area contributed by atoms with E-state index < -0.39 is 0 Å². The second-order valence-electron chi connectivity index (χ2n) is 5.83. The van der Waals surface area contributed by atoms with Crippen molar-refractivity contribution in [3.63, 3.8) is 0 Å². The highest BCUT2D eigenvalue weighted by Crippen LogP contribution is 2.24. The van der Waals surface area contributed by atoms with Crippen molar-refractivity contribution >= 4 is 45.6 Å². The molecule has 2 atom stereocenters. The number of hydrogen-bond acceptors (Lipinski definition) is 3. The van der Waals surface area contributed by atoms with E-state index >= 15 is 0 Å². The lowest BCUT2D eigenvalue weighted by molar-refractivity contribution is -0.131. The Morgan fingerprint density at radius 3 is 2.90 bits per heavy atom. The van der Waals surface area contributed by atoms with Gasteiger partial charge in [-0.2, -0.15) is 0 Å². The summed E-state index contributed by atoms with van der Waals surface area (Å²) < 4.78 is 1.17. The minimum absolute atomic E-state index is 0. The molecular formula is C15H22BrClN2OS. The first-order valence-corrected chi connectivity index (χ1v) is 9.10. The minimum Gasteiger partial charge on any atom is -0.341 e. The van der Waals surface area contributed by atoms with Crippen molar-refractivity contribution < 1.29 is 4.79 Å². The van der Waals surface area contributed by atoms with Gasteiger partial charge in [-0.25, -0.2) is 0 Å². The van der Waals surface area contributed by atoms with E-state index in [0.29, 0.717) is 24.4 Å². The van der Waals surface area contributed by atoms with Gasteiger partial charge in [0.2, 0.25) is 5.91 Å². The van der Waals surface area contributed by atoms with Gasteiger partial charge in [-0.3, -0.25) is 4.79 Å². The standard InChI is InChI=1S/C15H21BrN2OS.ClH/c16-14-7-6-13(20-14)2-1-3-15(19)18-9-8-11-4-5-12(10-18)17-11;/h6-7,11-12,17H,1-5,8-10H2;1H. The van der Waals surface area contributed by atoms with Crippen LogP contribution in [0.1, 0.15) is 37.0 Å². The van der Waals surface area contributed by atoms with Crippen LogP contribution in [0.2, 0.25) is 0 Å². The normalized spacial score (nSPS) is 24.5. The summed E-state index contributed by atoms with van der Waals surface area (Å²) in [5.74, 6) is 0.343. The number of amides is 1. The van der Waals surface area contributed by atoms with Crippen molar-refractivity contribution in [2.45, 2.75) is 50.6 Å². The Morgan fingerprint density at radius 1 is 1.33 bits per heavy atom. The molecule has 0 aliphatic carbocycles. The van der Waals surface area contributed by atoms with Crippen LogP contribution in [0, 0.1) is 0 Å². The molecule has 2 fully saturated rings. The van der Waals surface area contributed by atoms with Crippen LogP contribution in [0.15, 0.2) is 15.9 Å². The van der Waals surface area contributed by atoms with Crippen molar-refractivity contribution in [2.75, 3.05) is 13.1 Å². The van der Waals surface area contributed by atoms with Crippen LogP contribution in [0.25, 0.3) is 0 Å². The minimum atomic E-state index is 0. The Kier molecular flexibility index (Phi) is 6.53. The van der Waals surface area contributed by atoms with E-state index in [1.165, 1.54) is 21.5 Å². The number of carbonyl (C=O) groups excluding carboxylic acids is 1. The lowest BCUT2D eigenvalue weighted by atomic mass is 10.1. The fourth-order valence-corrected chi connectivity index (χ4v) is 4.75. The third-order valence-corrected chi connectivity index (χ3v) is 6.00. The molecule has 0 aromatic carbocycles. The predicted molar refractivity (Wildman–Crippen MR) is 93.3 cm³/mol. The molecule has 2 bridgehead atoms. The number of carbonyl (C=O) groups is 1. The van der Waals surface area contributed by atoms with Crippen LogP contribution in [0.4, 0.5) is 0 Å². The van der Waals surface area contributed by atoms with Crippen LogP contribution in [0.5, 0.6) is 0 Å². The summed E-state index contributed by atoms with van der Waals surface area (Å²) in [5.41, 5.74) is 0. The molecule has 21 heavy (non-hydrogen) atoms. The zero-order valence-corrected chi connectivity index (χ0v) is 15.2. The van der Waals surface area contributed by atoms with Crippen molar-refractivity contribution in [3.8, 4) is 0 Å². The molecule has 3 nitrogen and oxygen atoms in total. The van der Waals surface area contributed by atoms with Gasteiger partial charge < -0.3 is 10.2 Å². The maximum absolute atomic E-state index is 12.3. The first kappa shape index (κ1) is 17.3. The monoisotopic (exact) mass is 392 g/mol. The van der Waals surface area contributed by atoms with Crippen LogP contribution < -0.4 is 5.32 Å². The maximum atomic E-state index is 12.3. The summed E-state index contributed by atoms with van der Waals surface area (Å²) in [4.78, 5) is 15.8. The van der Waals surface area contributed by atoms with Crippen molar-refractivity contribution in [3.05, 3.63) is 20.8 Å². The summed E-state index contributed by atoms with van der Waals surface area (Å²) in [6.45, 7) is 1.86. The molecule has 1 aromatic rings. The van der Waals surface area contributed by atoms with Crippen molar-refractivity contribution in [1.29, 1.82) is 0 Å². The highest BCUT2D eigenvalue weighted by atomic mass is 79.9. The summed E-state index contributed by atoms with van der Waals surface area (Å²) >= 11 is 5.25. The zero-order chi connectivity index (χ0) is 13.9. The molecule has 0 spiro atoms.